The quantitative estimate of drug-likeness (QED) is 0.477. The number of fused-ring (bicyclic) bond motifs is 1. The second-order valence-electron chi connectivity index (χ2n) is 8.01. The lowest BCUT2D eigenvalue weighted by atomic mass is 10.0. The van der Waals surface area contributed by atoms with Gasteiger partial charge in [0, 0.05) is 24.2 Å². The maximum atomic E-state index is 14.9. The third-order valence-corrected chi connectivity index (χ3v) is 6.83. The highest BCUT2D eigenvalue weighted by molar-refractivity contribution is 7.92. The van der Waals surface area contributed by atoms with E-state index >= 15 is 0 Å². The third-order valence-electron chi connectivity index (χ3n) is 5.35. The largest absolute Gasteiger partial charge is 0.346 e. The summed E-state index contributed by atoms with van der Waals surface area (Å²) in [6, 6.07) is 3.69. The molecular weight excluding hydrogens is 424 g/mol. The summed E-state index contributed by atoms with van der Waals surface area (Å²) in [5.74, 6) is -2.57. The molecule has 0 atom stereocenters. The van der Waals surface area contributed by atoms with Crippen molar-refractivity contribution in [2.75, 3.05) is 10.5 Å². The number of ketones is 1. The lowest BCUT2D eigenvalue weighted by Gasteiger charge is -2.11. The summed E-state index contributed by atoms with van der Waals surface area (Å²) < 4.78 is 55.2. The van der Waals surface area contributed by atoms with Crippen LogP contribution in [0.3, 0.4) is 0 Å². The Balaban J connectivity index is 1.60. The van der Waals surface area contributed by atoms with Gasteiger partial charge in [-0.15, -0.1) is 0 Å². The van der Waals surface area contributed by atoms with E-state index in [1.54, 1.807) is 6.92 Å². The van der Waals surface area contributed by atoms with E-state index in [1.165, 1.54) is 19.0 Å². The molecule has 1 aromatic carbocycles. The molecule has 2 N–H and O–H groups in total. The normalized spacial score (nSPS) is 14.2. The zero-order chi connectivity index (χ0) is 22.2. The number of nitrogens with zero attached hydrogens (tertiary/aromatic N) is 1. The van der Waals surface area contributed by atoms with Crippen LogP contribution in [-0.2, 0) is 22.9 Å². The number of rotatable bonds is 9. The highest BCUT2D eigenvalue weighted by Crippen LogP contribution is 2.34. The fourth-order valence-corrected chi connectivity index (χ4v) is 4.78. The van der Waals surface area contributed by atoms with E-state index in [0.717, 1.165) is 29.5 Å². The summed E-state index contributed by atoms with van der Waals surface area (Å²) in [7, 11) is -3.79. The van der Waals surface area contributed by atoms with Gasteiger partial charge in [0.1, 0.15) is 11.5 Å². The number of Topliss-reactive ketones (excluding diaryl/α,β-unsaturated/α-hetero) is 1. The zero-order valence-corrected chi connectivity index (χ0v) is 17.9. The van der Waals surface area contributed by atoms with E-state index in [-0.39, 0.29) is 12.2 Å². The van der Waals surface area contributed by atoms with E-state index in [4.69, 9.17) is 0 Å². The van der Waals surface area contributed by atoms with Crippen LogP contribution in [0, 0.1) is 17.6 Å². The SMILES string of the molecule is CCCS(=O)(=O)Nc1ccc(F)c(C(=O)Cc2cnc3[nH]cc(CC4CC4)c3c2)c1F. The number of aromatic amines is 1. The van der Waals surface area contributed by atoms with Crippen molar-refractivity contribution in [3.05, 3.63) is 58.9 Å². The van der Waals surface area contributed by atoms with Crippen LogP contribution in [0.2, 0.25) is 0 Å². The lowest BCUT2D eigenvalue weighted by molar-refractivity contribution is 0.0985. The maximum absolute atomic E-state index is 14.9. The summed E-state index contributed by atoms with van der Waals surface area (Å²) in [6.45, 7) is 1.67. The molecule has 164 valence electrons. The Hall–Kier alpha value is -2.81. The molecule has 3 aromatic rings. The van der Waals surface area contributed by atoms with Gasteiger partial charge in [-0.3, -0.25) is 9.52 Å². The Labute approximate surface area is 179 Å². The van der Waals surface area contributed by atoms with E-state index in [1.807, 2.05) is 12.3 Å². The molecule has 0 bridgehead atoms. The Morgan fingerprint density at radius 1 is 1.29 bits per heavy atom. The predicted molar refractivity (Wildman–Crippen MR) is 115 cm³/mol. The van der Waals surface area contributed by atoms with Crippen LogP contribution in [-0.4, -0.2) is 29.9 Å². The highest BCUT2D eigenvalue weighted by atomic mass is 32.2. The van der Waals surface area contributed by atoms with Crippen LogP contribution in [0.25, 0.3) is 11.0 Å². The van der Waals surface area contributed by atoms with Gasteiger partial charge in [-0.1, -0.05) is 6.92 Å². The molecule has 4 rings (SSSR count). The summed E-state index contributed by atoms with van der Waals surface area (Å²) in [4.78, 5) is 20.2. The summed E-state index contributed by atoms with van der Waals surface area (Å²) in [5.41, 5.74) is 1.15. The topological polar surface area (TPSA) is 91.9 Å². The van der Waals surface area contributed by atoms with Crippen LogP contribution < -0.4 is 4.72 Å². The van der Waals surface area contributed by atoms with Crippen molar-refractivity contribution in [1.29, 1.82) is 0 Å². The van der Waals surface area contributed by atoms with Gasteiger partial charge in [0.2, 0.25) is 10.0 Å². The van der Waals surface area contributed by atoms with Crippen molar-refractivity contribution >= 4 is 32.5 Å². The number of carbonyl (C=O) groups is 1. The van der Waals surface area contributed by atoms with E-state index in [2.05, 4.69) is 14.7 Å². The van der Waals surface area contributed by atoms with Gasteiger partial charge in [0.25, 0.3) is 0 Å². The molecule has 2 aromatic heterocycles. The Kier molecular flexibility index (Phi) is 5.79. The van der Waals surface area contributed by atoms with Crippen molar-refractivity contribution < 1.29 is 22.0 Å². The molecule has 1 aliphatic carbocycles. The highest BCUT2D eigenvalue weighted by Gasteiger charge is 2.25. The van der Waals surface area contributed by atoms with Crippen molar-refractivity contribution in [3.63, 3.8) is 0 Å². The number of nitrogens with one attached hydrogen (secondary N) is 2. The van der Waals surface area contributed by atoms with E-state index < -0.39 is 38.7 Å². The third kappa shape index (κ3) is 4.76. The predicted octanol–water partition coefficient (Wildman–Crippen LogP) is 4.37. The molecule has 1 aliphatic rings. The number of hydrogen-bond donors (Lipinski definition) is 2. The number of sulfonamides is 1. The molecule has 1 fully saturated rings. The summed E-state index contributed by atoms with van der Waals surface area (Å²) in [5, 5.41) is 0.902. The second kappa shape index (κ2) is 8.37. The van der Waals surface area contributed by atoms with Crippen LogP contribution in [0.5, 0.6) is 0 Å². The van der Waals surface area contributed by atoms with Gasteiger partial charge in [0.15, 0.2) is 11.6 Å². The first-order valence-corrected chi connectivity index (χ1v) is 11.9. The molecular formula is C22H23F2N3O3S. The molecule has 0 amide bonds. The minimum absolute atomic E-state index is 0.210. The molecule has 31 heavy (non-hydrogen) atoms. The molecule has 0 saturated heterocycles. The van der Waals surface area contributed by atoms with Crippen LogP contribution in [0.4, 0.5) is 14.5 Å². The Bertz CT molecular complexity index is 1250. The van der Waals surface area contributed by atoms with Crippen molar-refractivity contribution in [1.82, 2.24) is 9.97 Å². The average molecular weight is 448 g/mol. The monoisotopic (exact) mass is 447 g/mol. The van der Waals surface area contributed by atoms with E-state index in [0.29, 0.717) is 23.5 Å². The smallest absolute Gasteiger partial charge is 0.232 e. The number of aromatic nitrogens is 2. The fraction of sp³-hybridized carbons (Fsp3) is 0.364. The summed E-state index contributed by atoms with van der Waals surface area (Å²) >= 11 is 0. The molecule has 0 radical (unpaired) electrons. The Morgan fingerprint density at radius 3 is 2.77 bits per heavy atom. The molecule has 0 unspecified atom stereocenters. The van der Waals surface area contributed by atoms with Crippen LogP contribution >= 0.6 is 0 Å². The number of halogens is 2. The minimum atomic E-state index is -3.79. The summed E-state index contributed by atoms with van der Waals surface area (Å²) in [6.07, 6.45) is 6.83. The number of hydrogen-bond acceptors (Lipinski definition) is 4. The van der Waals surface area contributed by atoms with Crippen LogP contribution in [0.1, 0.15) is 47.7 Å². The van der Waals surface area contributed by atoms with Gasteiger partial charge >= 0.3 is 0 Å². The second-order valence-corrected chi connectivity index (χ2v) is 9.85. The molecule has 9 heteroatoms. The molecule has 6 nitrogen and oxygen atoms in total. The van der Waals surface area contributed by atoms with Gasteiger partial charge in [0.05, 0.1) is 17.0 Å². The zero-order valence-electron chi connectivity index (χ0n) is 17.0. The van der Waals surface area contributed by atoms with Crippen molar-refractivity contribution in [3.8, 4) is 0 Å². The first-order chi connectivity index (χ1) is 14.8. The van der Waals surface area contributed by atoms with Gasteiger partial charge in [-0.25, -0.2) is 22.2 Å². The fourth-order valence-electron chi connectivity index (χ4n) is 3.65. The van der Waals surface area contributed by atoms with Crippen LogP contribution in [0.15, 0.2) is 30.6 Å². The molecule has 0 aliphatic heterocycles. The average Bonchev–Trinajstić information content (AvgIpc) is 3.44. The lowest BCUT2D eigenvalue weighted by Crippen LogP contribution is -2.19. The maximum Gasteiger partial charge on any atom is 0.232 e. The molecule has 2 heterocycles. The Morgan fingerprint density at radius 2 is 2.06 bits per heavy atom. The van der Waals surface area contributed by atoms with Gasteiger partial charge in [-0.2, -0.15) is 0 Å². The van der Waals surface area contributed by atoms with E-state index in [9.17, 15) is 22.0 Å². The molecule has 1 saturated carbocycles. The molecule has 0 spiro atoms. The standard InChI is InChI=1S/C22H23F2N3O3S/c1-2-7-31(29,30)27-18-6-5-17(23)20(21(18)24)19(28)10-14-9-16-15(8-13-3-4-13)12-26-22(16)25-11-14/h5-6,9,11-13,27H,2-4,7-8,10H2,1H3,(H,25,26). The van der Waals surface area contributed by atoms with Gasteiger partial charge < -0.3 is 4.98 Å². The number of benzene rings is 1. The number of anilines is 1. The van der Waals surface area contributed by atoms with Crippen molar-refractivity contribution in [2.45, 2.75) is 39.0 Å². The minimum Gasteiger partial charge on any atom is -0.346 e. The van der Waals surface area contributed by atoms with Crippen molar-refractivity contribution in [2.24, 2.45) is 5.92 Å². The first kappa shape index (κ1) is 21.4. The first-order valence-electron chi connectivity index (χ1n) is 10.2. The van der Waals surface area contributed by atoms with Gasteiger partial charge in [-0.05, 0) is 60.9 Å². The number of carbonyl (C=O) groups excluding carboxylic acids is 1. The number of pyridine rings is 1. The number of H-pyrrole nitrogens is 1.